The van der Waals surface area contributed by atoms with E-state index in [1.54, 1.807) is 0 Å². The fourth-order valence-electron chi connectivity index (χ4n) is 2.62. The lowest BCUT2D eigenvalue weighted by Gasteiger charge is -2.24. The molecule has 2 aromatic rings. The number of likely N-dealkylation sites (N-methyl/N-ethyl adjacent to an activating group) is 1. The predicted octanol–water partition coefficient (Wildman–Crippen LogP) is 3.47. The number of nitriles is 1. The quantitative estimate of drug-likeness (QED) is 0.857. The van der Waals surface area contributed by atoms with Gasteiger partial charge in [-0.05, 0) is 44.4 Å². The molecular weight excluding hydrogens is 268 g/mol. The number of nitrogens with zero attached hydrogens (tertiary/aromatic N) is 3. The summed E-state index contributed by atoms with van der Waals surface area (Å²) < 4.78 is 2.80. The molecule has 20 heavy (non-hydrogen) atoms. The molecule has 1 N–H and O–H groups in total. The average Bonchev–Trinajstić information content (AvgIpc) is 2.80. The Labute approximate surface area is 124 Å². The summed E-state index contributed by atoms with van der Waals surface area (Å²) in [7, 11) is 0. The third-order valence-corrected chi connectivity index (χ3v) is 4.03. The van der Waals surface area contributed by atoms with E-state index < -0.39 is 0 Å². The molecule has 0 aliphatic rings. The molecule has 0 saturated carbocycles. The van der Waals surface area contributed by atoms with Crippen LogP contribution in [-0.4, -0.2) is 34.1 Å². The average molecular weight is 288 g/mol. The maximum absolute atomic E-state index is 9.17. The second-order valence-corrected chi connectivity index (χ2v) is 5.33. The largest absolute Gasteiger partial charge is 0.329 e. The van der Waals surface area contributed by atoms with E-state index in [2.05, 4.69) is 41.3 Å². The lowest BCUT2D eigenvalue weighted by molar-refractivity contribution is 0.262. The first-order chi connectivity index (χ1) is 9.62. The van der Waals surface area contributed by atoms with Gasteiger partial charge in [-0.2, -0.15) is 5.26 Å². The van der Waals surface area contributed by atoms with Crippen LogP contribution in [0, 0.1) is 16.1 Å². The first-order valence-electron chi connectivity index (χ1n) is 6.98. The van der Waals surface area contributed by atoms with E-state index in [4.69, 9.17) is 12.2 Å². The van der Waals surface area contributed by atoms with E-state index >= 15 is 0 Å². The number of H-pyrrole nitrogens is 1. The number of aromatic nitrogens is 2. The van der Waals surface area contributed by atoms with Crippen LogP contribution in [0.5, 0.6) is 0 Å². The minimum absolute atomic E-state index is 0.269. The number of fused-ring (bicyclic) bond motifs is 1. The van der Waals surface area contributed by atoms with Crippen LogP contribution in [0.1, 0.15) is 32.4 Å². The van der Waals surface area contributed by atoms with Crippen LogP contribution in [-0.2, 0) is 0 Å². The van der Waals surface area contributed by atoms with Gasteiger partial charge in [0.25, 0.3) is 0 Å². The van der Waals surface area contributed by atoms with E-state index in [0.717, 1.165) is 30.7 Å². The van der Waals surface area contributed by atoms with Gasteiger partial charge < -0.3 is 14.5 Å². The van der Waals surface area contributed by atoms with E-state index in [0.29, 0.717) is 10.3 Å². The van der Waals surface area contributed by atoms with Crippen molar-refractivity contribution < 1.29 is 0 Å². The van der Waals surface area contributed by atoms with Gasteiger partial charge in [0.05, 0.1) is 16.6 Å². The molecule has 1 aromatic carbocycles. The Kier molecular flexibility index (Phi) is 4.58. The van der Waals surface area contributed by atoms with Crippen LogP contribution in [0.15, 0.2) is 18.2 Å². The molecule has 0 saturated heterocycles. The molecule has 106 valence electrons. The minimum atomic E-state index is 0.269. The van der Waals surface area contributed by atoms with Crippen LogP contribution < -0.4 is 0 Å². The summed E-state index contributed by atoms with van der Waals surface area (Å²) in [6.07, 6.45) is 0. The van der Waals surface area contributed by atoms with Crippen molar-refractivity contribution in [2.45, 2.75) is 26.8 Å². The third-order valence-electron chi connectivity index (χ3n) is 3.73. The molecule has 1 unspecified atom stereocenters. The van der Waals surface area contributed by atoms with Crippen molar-refractivity contribution >= 4 is 23.3 Å². The normalized spacial score (nSPS) is 12.8. The van der Waals surface area contributed by atoms with E-state index in [1.165, 1.54) is 0 Å². The van der Waals surface area contributed by atoms with Gasteiger partial charge in [0, 0.05) is 12.6 Å². The Balaban J connectivity index is 2.47. The molecule has 0 spiro atoms. The Morgan fingerprint density at radius 1 is 1.40 bits per heavy atom. The maximum atomic E-state index is 9.17. The van der Waals surface area contributed by atoms with Crippen molar-refractivity contribution in [2.24, 2.45) is 0 Å². The summed E-state index contributed by atoms with van der Waals surface area (Å²) in [5.41, 5.74) is 2.49. The molecule has 0 aliphatic heterocycles. The van der Waals surface area contributed by atoms with Gasteiger partial charge in [-0.3, -0.25) is 0 Å². The molecule has 0 fully saturated rings. The molecule has 1 heterocycles. The minimum Gasteiger partial charge on any atom is -0.329 e. The van der Waals surface area contributed by atoms with E-state index in [1.807, 2.05) is 18.2 Å². The fourth-order valence-corrected chi connectivity index (χ4v) is 3.00. The van der Waals surface area contributed by atoms with Crippen LogP contribution in [0.2, 0.25) is 0 Å². The Hall–Kier alpha value is -1.64. The number of hydrogen-bond donors (Lipinski definition) is 1. The van der Waals surface area contributed by atoms with Crippen molar-refractivity contribution in [1.82, 2.24) is 14.5 Å². The summed E-state index contributed by atoms with van der Waals surface area (Å²) in [6.45, 7) is 9.50. The molecule has 0 bridgehead atoms. The lowest BCUT2D eigenvalue weighted by Crippen LogP contribution is -2.29. The molecule has 1 aromatic heterocycles. The summed E-state index contributed by atoms with van der Waals surface area (Å²) >= 11 is 5.44. The molecule has 0 radical (unpaired) electrons. The van der Waals surface area contributed by atoms with Gasteiger partial charge >= 0.3 is 0 Å². The number of hydrogen-bond acceptors (Lipinski definition) is 3. The lowest BCUT2D eigenvalue weighted by atomic mass is 10.2. The first-order valence-corrected chi connectivity index (χ1v) is 7.38. The van der Waals surface area contributed by atoms with E-state index in [9.17, 15) is 5.26 Å². The van der Waals surface area contributed by atoms with Crippen molar-refractivity contribution in [3.8, 4) is 6.07 Å². The Morgan fingerprint density at radius 2 is 2.10 bits per heavy atom. The van der Waals surface area contributed by atoms with Gasteiger partial charge in [0.1, 0.15) is 6.07 Å². The summed E-state index contributed by atoms with van der Waals surface area (Å²) in [5, 5.41) is 9.17. The van der Waals surface area contributed by atoms with Crippen LogP contribution >= 0.6 is 12.2 Å². The smallest absolute Gasteiger partial charge is 0.178 e. The molecule has 2 rings (SSSR count). The SMILES string of the molecule is CCN(CC)CC(C)n1c(=S)[nH]c2c(C#N)cccc21. The van der Waals surface area contributed by atoms with Gasteiger partial charge in [0.15, 0.2) is 4.77 Å². The molecule has 5 heteroatoms. The number of nitrogens with one attached hydrogen (secondary N) is 1. The topological polar surface area (TPSA) is 47.8 Å². The number of aromatic amines is 1. The highest BCUT2D eigenvalue weighted by molar-refractivity contribution is 7.71. The van der Waals surface area contributed by atoms with Crippen molar-refractivity contribution in [2.75, 3.05) is 19.6 Å². The predicted molar refractivity (Wildman–Crippen MR) is 84.3 cm³/mol. The highest BCUT2D eigenvalue weighted by Gasteiger charge is 2.15. The van der Waals surface area contributed by atoms with Crippen molar-refractivity contribution in [3.05, 3.63) is 28.5 Å². The van der Waals surface area contributed by atoms with Crippen LogP contribution in [0.25, 0.3) is 11.0 Å². The Bertz CT molecular complexity index is 688. The standard InChI is InChI=1S/C15H20N4S/c1-4-18(5-2)10-11(3)19-13-8-6-7-12(9-16)14(13)17-15(19)20/h6-8,11H,4-5,10H2,1-3H3,(H,17,20). The summed E-state index contributed by atoms with van der Waals surface area (Å²) in [6, 6.07) is 8.21. The molecule has 4 nitrogen and oxygen atoms in total. The van der Waals surface area contributed by atoms with Gasteiger partial charge in [-0.1, -0.05) is 19.9 Å². The number of benzene rings is 1. The third kappa shape index (κ3) is 2.62. The number of imidazole rings is 1. The number of rotatable bonds is 5. The highest BCUT2D eigenvalue weighted by atomic mass is 32.1. The maximum Gasteiger partial charge on any atom is 0.178 e. The molecule has 0 amide bonds. The van der Waals surface area contributed by atoms with Gasteiger partial charge in [-0.25, -0.2) is 0 Å². The van der Waals surface area contributed by atoms with Gasteiger partial charge in [0.2, 0.25) is 0 Å². The van der Waals surface area contributed by atoms with Gasteiger partial charge in [-0.15, -0.1) is 0 Å². The molecular formula is C15H20N4S. The summed E-state index contributed by atoms with van der Waals surface area (Å²) in [4.78, 5) is 5.55. The zero-order valence-electron chi connectivity index (χ0n) is 12.2. The first kappa shape index (κ1) is 14.8. The number of para-hydroxylation sites is 1. The van der Waals surface area contributed by atoms with Crippen LogP contribution in [0.4, 0.5) is 0 Å². The summed E-state index contributed by atoms with van der Waals surface area (Å²) in [5.74, 6) is 0. The second-order valence-electron chi connectivity index (χ2n) is 4.95. The van der Waals surface area contributed by atoms with Crippen molar-refractivity contribution in [1.29, 1.82) is 5.26 Å². The zero-order chi connectivity index (χ0) is 14.7. The van der Waals surface area contributed by atoms with Crippen LogP contribution in [0.3, 0.4) is 0 Å². The second kappa shape index (κ2) is 6.21. The molecule has 0 aliphatic carbocycles. The fraction of sp³-hybridized carbons (Fsp3) is 0.467. The zero-order valence-corrected chi connectivity index (χ0v) is 13.0. The van der Waals surface area contributed by atoms with E-state index in [-0.39, 0.29) is 6.04 Å². The highest BCUT2D eigenvalue weighted by Crippen LogP contribution is 2.22. The monoisotopic (exact) mass is 288 g/mol. The molecule has 1 atom stereocenters. The van der Waals surface area contributed by atoms with Crippen molar-refractivity contribution in [3.63, 3.8) is 0 Å². The Morgan fingerprint density at radius 3 is 2.70 bits per heavy atom.